The number of halogens is 2. The molecular weight excluding hydrogens is 391 g/mol. The van der Waals surface area contributed by atoms with Crippen LogP contribution in [0.25, 0.3) is 22.4 Å². The van der Waals surface area contributed by atoms with Gasteiger partial charge in [-0.25, -0.2) is 9.37 Å². The van der Waals surface area contributed by atoms with E-state index in [1.54, 1.807) is 0 Å². The monoisotopic (exact) mass is 400 g/mol. The Hall–Kier alpha value is -2.87. The van der Waals surface area contributed by atoms with Crippen LogP contribution in [0.3, 0.4) is 0 Å². The number of benzene rings is 2. The second-order valence-electron chi connectivity index (χ2n) is 5.35. The van der Waals surface area contributed by atoms with Gasteiger partial charge >= 0.3 is 0 Å². The van der Waals surface area contributed by atoms with Crippen LogP contribution in [-0.4, -0.2) is 19.7 Å². The lowest BCUT2D eigenvalue weighted by Gasteiger charge is -2.03. The summed E-state index contributed by atoms with van der Waals surface area (Å²) in [7, 11) is 0. The van der Waals surface area contributed by atoms with Gasteiger partial charge in [-0.3, -0.25) is 9.36 Å². The minimum absolute atomic E-state index is 0.0860. The maximum Gasteiger partial charge on any atom is 0.261 e. The van der Waals surface area contributed by atoms with E-state index in [0.717, 1.165) is 10.0 Å². The van der Waals surface area contributed by atoms with E-state index >= 15 is 0 Å². The highest BCUT2D eigenvalue weighted by Gasteiger charge is 2.11. The molecule has 0 saturated heterocycles. The summed E-state index contributed by atoms with van der Waals surface area (Å²) in [6.45, 7) is 0.0860. The van der Waals surface area contributed by atoms with Crippen molar-refractivity contribution < 1.29 is 8.81 Å². The highest BCUT2D eigenvalue weighted by molar-refractivity contribution is 9.10. The highest BCUT2D eigenvalue weighted by Crippen LogP contribution is 2.20. The first kappa shape index (κ1) is 15.6. The summed E-state index contributed by atoms with van der Waals surface area (Å²) in [5.41, 5.74) is 0.789. The van der Waals surface area contributed by atoms with Gasteiger partial charge in [-0.05, 0) is 36.4 Å². The van der Waals surface area contributed by atoms with E-state index in [9.17, 15) is 9.18 Å². The molecule has 0 bridgehead atoms. The maximum atomic E-state index is 13.2. The van der Waals surface area contributed by atoms with Crippen molar-refractivity contribution in [2.45, 2.75) is 6.54 Å². The molecule has 124 valence electrons. The summed E-state index contributed by atoms with van der Waals surface area (Å²) in [6, 6.07) is 11.3. The summed E-state index contributed by atoms with van der Waals surface area (Å²) in [4.78, 5) is 16.6. The molecule has 0 saturated carbocycles. The minimum atomic E-state index is -0.437. The van der Waals surface area contributed by atoms with E-state index in [2.05, 4.69) is 31.1 Å². The largest absolute Gasteiger partial charge is 0.419 e. The van der Waals surface area contributed by atoms with Gasteiger partial charge < -0.3 is 4.42 Å². The van der Waals surface area contributed by atoms with Crippen molar-refractivity contribution in [3.05, 3.63) is 75.3 Å². The predicted octanol–water partition coefficient (Wildman–Crippen LogP) is 3.40. The standard InChI is InChI=1S/C17H10BrFN4O2/c18-11-3-1-10(2-4-11)16-22-21-15(25-16)8-23-9-20-14-7-12(19)5-6-13(14)17(23)24/h1-7,9H,8H2. The number of hydrogen-bond donors (Lipinski definition) is 0. The molecule has 0 radical (unpaired) electrons. The first-order chi connectivity index (χ1) is 12.1. The molecule has 2 aromatic heterocycles. The molecule has 0 spiro atoms. The molecule has 8 heteroatoms. The lowest BCUT2D eigenvalue weighted by Crippen LogP contribution is -2.21. The van der Waals surface area contributed by atoms with Crippen molar-refractivity contribution in [1.82, 2.24) is 19.7 Å². The summed E-state index contributed by atoms with van der Waals surface area (Å²) in [5.74, 6) is 0.211. The number of fused-ring (bicyclic) bond motifs is 1. The third kappa shape index (κ3) is 3.08. The SMILES string of the molecule is O=c1c2ccc(F)cc2ncn1Cc1nnc(-c2ccc(Br)cc2)o1. The molecule has 25 heavy (non-hydrogen) atoms. The van der Waals surface area contributed by atoms with E-state index in [1.807, 2.05) is 24.3 Å². The quantitative estimate of drug-likeness (QED) is 0.526. The van der Waals surface area contributed by atoms with Gasteiger partial charge in [0.2, 0.25) is 11.8 Å². The topological polar surface area (TPSA) is 73.8 Å². The van der Waals surface area contributed by atoms with Gasteiger partial charge in [-0.2, -0.15) is 0 Å². The van der Waals surface area contributed by atoms with Crippen LogP contribution in [0.2, 0.25) is 0 Å². The van der Waals surface area contributed by atoms with Crippen LogP contribution in [0.1, 0.15) is 5.89 Å². The van der Waals surface area contributed by atoms with E-state index in [1.165, 1.54) is 29.1 Å². The molecule has 6 nitrogen and oxygen atoms in total. The van der Waals surface area contributed by atoms with Crippen LogP contribution in [0.4, 0.5) is 4.39 Å². The lowest BCUT2D eigenvalue weighted by molar-refractivity contribution is 0.483. The van der Waals surface area contributed by atoms with Crippen molar-refractivity contribution >= 4 is 26.8 Å². The van der Waals surface area contributed by atoms with Gasteiger partial charge in [0.15, 0.2) is 0 Å². The zero-order chi connectivity index (χ0) is 17.4. The summed E-state index contributed by atoms with van der Waals surface area (Å²) in [6.07, 6.45) is 1.34. The number of rotatable bonds is 3. The summed E-state index contributed by atoms with van der Waals surface area (Å²) in [5, 5.41) is 8.30. The molecule has 0 fully saturated rings. The molecule has 0 aliphatic rings. The smallest absolute Gasteiger partial charge is 0.261 e. The normalized spacial score (nSPS) is 11.1. The Kier molecular flexibility index (Phi) is 3.89. The first-order valence-corrected chi connectivity index (χ1v) is 8.12. The van der Waals surface area contributed by atoms with E-state index in [-0.39, 0.29) is 18.0 Å². The maximum absolute atomic E-state index is 13.2. The third-order valence-electron chi connectivity index (χ3n) is 3.65. The number of hydrogen-bond acceptors (Lipinski definition) is 5. The predicted molar refractivity (Wildman–Crippen MR) is 92.5 cm³/mol. The van der Waals surface area contributed by atoms with Gasteiger partial charge in [-0.15, -0.1) is 10.2 Å². The van der Waals surface area contributed by atoms with Crippen molar-refractivity contribution in [3.8, 4) is 11.5 Å². The molecular formula is C17H10BrFN4O2. The van der Waals surface area contributed by atoms with Crippen LogP contribution in [0, 0.1) is 5.82 Å². The van der Waals surface area contributed by atoms with E-state index in [0.29, 0.717) is 16.8 Å². The molecule has 2 aromatic carbocycles. The minimum Gasteiger partial charge on any atom is -0.419 e. The fraction of sp³-hybridized carbons (Fsp3) is 0.0588. The Bertz CT molecular complexity index is 1120. The fourth-order valence-electron chi connectivity index (χ4n) is 2.42. The van der Waals surface area contributed by atoms with Crippen molar-refractivity contribution in [2.24, 2.45) is 0 Å². The zero-order valence-corrected chi connectivity index (χ0v) is 14.3. The molecule has 0 unspecified atom stereocenters. The highest BCUT2D eigenvalue weighted by atomic mass is 79.9. The average Bonchev–Trinajstić information content (AvgIpc) is 3.06. The lowest BCUT2D eigenvalue weighted by atomic mass is 10.2. The van der Waals surface area contributed by atoms with Gasteiger partial charge in [0.05, 0.1) is 17.2 Å². The molecule has 4 aromatic rings. The van der Waals surface area contributed by atoms with Crippen LogP contribution < -0.4 is 5.56 Å². The number of nitrogens with zero attached hydrogens (tertiary/aromatic N) is 4. The molecule has 0 atom stereocenters. The molecule has 2 heterocycles. The molecule has 4 rings (SSSR count). The van der Waals surface area contributed by atoms with Gasteiger partial charge in [0.1, 0.15) is 12.4 Å². The Morgan fingerprint density at radius 1 is 1.12 bits per heavy atom. The van der Waals surface area contributed by atoms with Crippen molar-refractivity contribution in [1.29, 1.82) is 0 Å². The Morgan fingerprint density at radius 2 is 1.92 bits per heavy atom. The van der Waals surface area contributed by atoms with E-state index in [4.69, 9.17) is 4.42 Å². The van der Waals surface area contributed by atoms with Crippen LogP contribution in [0.15, 0.2) is 62.5 Å². The van der Waals surface area contributed by atoms with E-state index < -0.39 is 5.82 Å². The molecule has 0 aliphatic heterocycles. The van der Waals surface area contributed by atoms with Crippen LogP contribution in [0.5, 0.6) is 0 Å². The van der Waals surface area contributed by atoms with Gasteiger partial charge in [0.25, 0.3) is 5.56 Å². The Labute approximate surface area is 149 Å². The van der Waals surface area contributed by atoms with Crippen LogP contribution >= 0.6 is 15.9 Å². The van der Waals surface area contributed by atoms with Crippen molar-refractivity contribution in [2.75, 3.05) is 0 Å². The van der Waals surface area contributed by atoms with Gasteiger partial charge in [0, 0.05) is 16.1 Å². The molecule has 0 aliphatic carbocycles. The molecule has 0 N–H and O–H groups in total. The Morgan fingerprint density at radius 3 is 2.72 bits per heavy atom. The summed E-state index contributed by atoms with van der Waals surface area (Å²) < 4.78 is 21.1. The molecule has 0 amide bonds. The zero-order valence-electron chi connectivity index (χ0n) is 12.7. The Balaban J connectivity index is 1.66. The fourth-order valence-corrected chi connectivity index (χ4v) is 2.68. The van der Waals surface area contributed by atoms with Crippen LogP contribution in [-0.2, 0) is 6.54 Å². The average molecular weight is 401 g/mol. The first-order valence-electron chi connectivity index (χ1n) is 7.33. The second-order valence-corrected chi connectivity index (χ2v) is 6.26. The summed E-state index contributed by atoms with van der Waals surface area (Å²) >= 11 is 3.36. The van der Waals surface area contributed by atoms with Gasteiger partial charge in [-0.1, -0.05) is 15.9 Å². The second kappa shape index (κ2) is 6.21. The third-order valence-corrected chi connectivity index (χ3v) is 4.18. The van der Waals surface area contributed by atoms with Crippen molar-refractivity contribution in [3.63, 3.8) is 0 Å². The number of aromatic nitrogens is 4.